The van der Waals surface area contributed by atoms with Crippen molar-refractivity contribution in [3.05, 3.63) is 24.3 Å². The smallest absolute Gasteiger partial charge is 0.270 e. The van der Waals surface area contributed by atoms with E-state index in [0.29, 0.717) is 11.7 Å². The van der Waals surface area contributed by atoms with Gasteiger partial charge in [-0.25, -0.2) is 9.97 Å². The van der Waals surface area contributed by atoms with Crippen LogP contribution in [0.25, 0.3) is 0 Å². The van der Waals surface area contributed by atoms with Gasteiger partial charge in [0.2, 0.25) is 0 Å². The quantitative estimate of drug-likeness (QED) is 0.796. The minimum absolute atomic E-state index is 0.0794. The molecule has 1 aliphatic carbocycles. The molecule has 1 fully saturated rings. The van der Waals surface area contributed by atoms with Crippen LogP contribution in [0.15, 0.2) is 18.6 Å². The molecule has 1 aliphatic rings. The van der Waals surface area contributed by atoms with E-state index in [1.54, 1.807) is 12.3 Å². The van der Waals surface area contributed by atoms with Crippen molar-refractivity contribution < 1.29 is 4.79 Å². The van der Waals surface area contributed by atoms with Crippen LogP contribution in [0, 0.1) is 0 Å². The first kappa shape index (κ1) is 10.1. The molecule has 0 radical (unpaired) electrons. The molecule has 1 aromatic heterocycles. The van der Waals surface area contributed by atoms with Crippen LogP contribution in [0.3, 0.4) is 0 Å². The number of carbonyl (C=O) groups is 1. The molecule has 15 heavy (non-hydrogen) atoms. The van der Waals surface area contributed by atoms with Crippen LogP contribution in [0.5, 0.6) is 0 Å². The van der Waals surface area contributed by atoms with E-state index in [4.69, 9.17) is 0 Å². The molecule has 0 unspecified atom stereocenters. The predicted octanol–water partition coefficient (Wildman–Crippen LogP) is 1.54. The maximum Gasteiger partial charge on any atom is 0.270 e. The molecule has 1 aromatic rings. The van der Waals surface area contributed by atoms with Crippen LogP contribution in [-0.4, -0.2) is 21.9 Å². The van der Waals surface area contributed by atoms with Gasteiger partial charge in [-0.2, -0.15) is 0 Å². The van der Waals surface area contributed by atoms with Crippen molar-refractivity contribution in [2.45, 2.75) is 38.1 Å². The van der Waals surface area contributed by atoms with E-state index in [1.165, 1.54) is 25.6 Å². The molecule has 1 N–H and O–H groups in total. The molecule has 2 rings (SSSR count). The lowest BCUT2D eigenvalue weighted by Gasteiger charge is -2.22. The normalized spacial score (nSPS) is 17.3. The van der Waals surface area contributed by atoms with Gasteiger partial charge in [-0.15, -0.1) is 0 Å². The molecule has 0 spiro atoms. The summed E-state index contributed by atoms with van der Waals surface area (Å²) in [6.07, 6.45) is 8.90. The molecule has 0 atom stereocenters. The van der Waals surface area contributed by atoms with Gasteiger partial charge in [0.25, 0.3) is 5.91 Å². The minimum atomic E-state index is -0.0794. The summed E-state index contributed by atoms with van der Waals surface area (Å²) in [5.74, 6) is -0.0794. The number of hydrogen-bond donors (Lipinski definition) is 1. The fourth-order valence-electron chi connectivity index (χ4n) is 1.93. The number of hydrogen-bond acceptors (Lipinski definition) is 3. The van der Waals surface area contributed by atoms with Gasteiger partial charge in [0.1, 0.15) is 12.0 Å². The van der Waals surface area contributed by atoms with E-state index >= 15 is 0 Å². The Kier molecular flexibility index (Phi) is 3.27. The van der Waals surface area contributed by atoms with Gasteiger partial charge in [0.15, 0.2) is 0 Å². The van der Waals surface area contributed by atoms with Crippen molar-refractivity contribution in [2.24, 2.45) is 0 Å². The number of nitrogens with zero attached hydrogens (tertiary/aromatic N) is 2. The lowest BCUT2D eigenvalue weighted by molar-refractivity contribution is 0.0922. The van der Waals surface area contributed by atoms with E-state index in [2.05, 4.69) is 15.3 Å². The van der Waals surface area contributed by atoms with Crippen LogP contribution in [0.1, 0.15) is 42.6 Å². The third-order valence-electron chi connectivity index (χ3n) is 2.75. The summed E-state index contributed by atoms with van der Waals surface area (Å²) < 4.78 is 0. The van der Waals surface area contributed by atoms with Crippen molar-refractivity contribution in [1.29, 1.82) is 0 Å². The van der Waals surface area contributed by atoms with Gasteiger partial charge >= 0.3 is 0 Å². The van der Waals surface area contributed by atoms with Crippen molar-refractivity contribution in [3.63, 3.8) is 0 Å². The Bertz CT molecular complexity index is 320. The highest BCUT2D eigenvalue weighted by Gasteiger charge is 2.16. The van der Waals surface area contributed by atoms with Crippen LogP contribution in [-0.2, 0) is 0 Å². The summed E-state index contributed by atoms with van der Waals surface area (Å²) in [6.45, 7) is 0. The Morgan fingerprint density at radius 2 is 2.13 bits per heavy atom. The molecule has 4 nitrogen and oxygen atoms in total. The fraction of sp³-hybridized carbons (Fsp3) is 0.545. The lowest BCUT2D eigenvalue weighted by atomic mass is 9.95. The molecule has 80 valence electrons. The Morgan fingerprint density at radius 3 is 2.80 bits per heavy atom. The number of aromatic nitrogens is 2. The van der Waals surface area contributed by atoms with Gasteiger partial charge in [-0.1, -0.05) is 19.3 Å². The van der Waals surface area contributed by atoms with E-state index < -0.39 is 0 Å². The zero-order chi connectivity index (χ0) is 10.5. The van der Waals surface area contributed by atoms with Crippen molar-refractivity contribution in [2.75, 3.05) is 0 Å². The molecular formula is C11H15N3O. The van der Waals surface area contributed by atoms with E-state index in [0.717, 1.165) is 12.8 Å². The second-order valence-electron chi connectivity index (χ2n) is 3.90. The molecular weight excluding hydrogens is 190 g/mol. The van der Waals surface area contributed by atoms with Crippen molar-refractivity contribution in [1.82, 2.24) is 15.3 Å². The Hall–Kier alpha value is -1.45. The molecule has 1 amide bonds. The molecule has 1 heterocycles. The summed E-state index contributed by atoms with van der Waals surface area (Å²) in [6, 6.07) is 1.97. The first-order valence-electron chi connectivity index (χ1n) is 5.43. The Labute approximate surface area is 89.1 Å². The SMILES string of the molecule is O=C(NC1CCCCC1)c1ccncn1. The summed E-state index contributed by atoms with van der Waals surface area (Å²) in [5, 5.41) is 3.01. The summed E-state index contributed by atoms with van der Waals surface area (Å²) in [7, 11) is 0. The molecule has 0 aromatic carbocycles. The second kappa shape index (κ2) is 4.87. The Balaban J connectivity index is 1.91. The zero-order valence-electron chi connectivity index (χ0n) is 8.65. The maximum atomic E-state index is 11.7. The number of carbonyl (C=O) groups excluding carboxylic acids is 1. The highest BCUT2D eigenvalue weighted by atomic mass is 16.1. The van der Waals surface area contributed by atoms with Gasteiger partial charge < -0.3 is 5.32 Å². The molecule has 0 saturated heterocycles. The first-order chi connectivity index (χ1) is 7.36. The maximum absolute atomic E-state index is 11.7. The summed E-state index contributed by atoms with van der Waals surface area (Å²) in [5.41, 5.74) is 0.454. The average molecular weight is 205 g/mol. The largest absolute Gasteiger partial charge is 0.348 e. The third-order valence-corrected chi connectivity index (χ3v) is 2.75. The first-order valence-corrected chi connectivity index (χ1v) is 5.43. The average Bonchev–Trinajstić information content (AvgIpc) is 2.31. The topological polar surface area (TPSA) is 54.9 Å². The minimum Gasteiger partial charge on any atom is -0.348 e. The highest BCUT2D eigenvalue weighted by molar-refractivity contribution is 5.92. The summed E-state index contributed by atoms with van der Waals surface area (Å²) >= 11 is 0. The zero-order valence-corrected chi connectivity index (χ0v) is 8.65. The molecule has 1 saturated carbocycles. The van der Waals surface area contributed by atoms with Gasteiger partial charge in [0.05, 0.1) is 0 Å². The van der Waals surface area contributed by atoms with Crippen LogP contribution < -0.4 is 5.32 Å². The third kappa shape index (κ3) is 2.75. The van der Waals surface area contributed by atoms with Crippen LogP contribution >= 0.6 is 0 Å². The number of amides is 1. The number of nitrogens with one attached hydrogen (secondary N) is 1. The highest BCUT2D eigenvalue weighted by Crippen LogP contribution is 2.17. The Morgan fingerprint density at radius 1 is 1.33 bits per heavy atom. The van der Waals surface area contributed by atoms with E-state index in [9.17, 15) is 4.79 Å². The summed E-state index contributed by atoms with van der Waals surface area (Å²) in [4.78, 5) is 19.4. The van der Waals surface area contributed by atoms with E-state index in [-0.39, 0.29) is 5.91 Å². The van der Waals surface area contributed by atoms with Crippen molar-refractivity contribution >= 4 is 5.91 Å². The van der Waals surface area contributed by atoms with Gasteiger partial charge in [-0.05, 0) is 18.9 Å². The number of rotatable bonds is 2. The van der Waals surface area contributed by atoms with Gasteiger partial charge in [0, 0.05) is 12.2 Å². The predicted molar refractivity (Wildman–Crippen MR) is 56.4 cm³/mol. The lowest BCUT2D eigenvalue weighted by Crippen LogP contribution is -2.36. The monoisotopic (exact) mass is 205 g/mol. The van der Waals surface area contributed by atoms with Gasteiger partial charge in [-0.3, -0.25) is 4.79 Å². The second-order valence-corrected chi connectivity index (χ2v) is 3.90. The van der Waals surface area contributed by atoms with Crippen LogP contribution in [0.4, 0.5) is 0 Å². The van der Waals surface area contributed by atoms with E-state index in [1.807, 2.05) is 0 Å². The fourth-order valence-corrected chi connectivity index (χ4v) is 1.93. The van der Waals surface area contributed by atoms with Crippen LogP contribution in [0.2, 0.25) is 0 Å². The molecule has 0 bridgehead atoms. The van der Waals surface area contributed by atoms with Crippen molar-refractivity contribution in [3.8, 4) is 0 Å². The molecule has 0 aliphatic heterocycles. The molecule has 4 heteroatoms. The standard InChI is InChI=1S/C11H15N3O/c15-11(10-6-7-12-8-13-10)14-9-4-2-1-3-5-9/h6-9H,1-5H2,(H,14,15).